The molecule has 0 unspecified atom stereocenters. The summed E-state index contributed by atoms with van der Waals surface area (Å²) >= 11 is 0. The van der Waals surface area contributed by atoms with Crippen molar-refractivity contribution in [3.8, 4) is 0 Å². The number of carbonyl (C=O) groups is 2. The quantitative estimate of drug-likeness (QED) is 0.457. The molecule has 1 fully saturated rings. The van der Waals surface area contributed by atoms with Gasteiger partial charge in [-0.1, -0.05) is 0 Å². The third-order valence-electron chi connectivity index (χ3n) is 1.88. The van der Waals surface area contributed by atoms with E-state index in [0.29, 0.717) is 13.1 Å². The molecule has 0 aromatic rings. The average molecular weight is 184 g/mol. The van der Waals surface area contributed by atoms with E-state index in [4.69, 9.17) is 0 Å². The zero-order chi connectivity index (χ0) is 9.68. The Morgan fingerprint density at radius 1 is 1.23 bits per heavy atom. The molecule has 0 bridgehead atoms. The van der Waals surface area contributed by atoms with Crippen LogP contribution in [0.25, 0.3) is 0 Å². The third-order valence-corrected chi connectivity index (χ3v) is 1.88. The largest absolute Gasteiger partial charge is 0.545 e. The maximum atomic E-state index is 11.2. The van der Waals surface area contributed by atoms with E-state index >= 15 is 0 Å². The number of piperazine rings is 1. The molecule has 0 radical (unpaired) electrons. The molecule has 1 aliphatic rings. The van der Waals surface area contributed by atoms with Crippen LogP contribution in [0.15, 0.2) is 12.2 Å². The predicted molar refractivity (Wildman–Crippen MR) is 42.4 cm³/mol. The molecular formula is C8H12N2O3. The van der Waals surface area contributed by atoms with Crippen LogP contribution in [0, 0.1) is 0 Å². The van der Waals surface area contributed by atoms with Crippen LogP contribution in [-0.2, 0) is 9.59 Å². The van der Waals surface area contributed by atoms with E-state index in [1.54, 1.807) is 4.90 Å². The van der Waals surface area contributed by atoms with Crippen molar-refractivity contribution in [2.45, 2.75) is 0 Å². The molecular weight excluding hydrogens is 172 g/mol. The van der Waals surface area contributed by atoms with Gasteiger partial charge >= 0.3 is 0 Å². The molecule has 13 heavy (non-hydrogen) atoms. The SMILES string of the molecule is O=C([O-])/C=C\C(=O)N1CC[NH2+]CC1. The van der Waals surface area contributed by atoms with Crippen molar-refractivity contribution in [1.29, 1.82) is 0 Å². The van der Waals surface area contributed by atoms with Gasteiger partial charge in [-0.3, -0.25) is 4.79 Å². The lowest BCUT2D eigenvalue weighted by molar-refractivity contribution is -0.662. The van der Waals surface area contributed by atoms with Crippen molar-refractivity contribution in [1.82, 2.24) is 4.90 Å². The predicted octanol–water partition coefficient (Wildman–Crippen LogP) is -3.30. The van der Waals surface area contributed by atoms with E-state index in [-0.39, 0.29) is 5.91 Å². The molecule has 1 aliphatic heterocycles. The number of quaternary nitrogens is 1. The van der Waals surface area contributed by atoms with Crippen LogP contribution in [0.3, 0.4) is 0 Å². The normalized spacial score (nSPS) is 17.7. The highest BCUT2D eigenvalue weighted by Gasteiger charge is 2.15. The minimum Gasteiger partial charge on any atom is -0.545 e. The van der Waals surface area contributed by atoms with Gasteiger partial charge in [-0.2, -0.15) is 0 Å². The van der Waals surface area contributed by atoms with Crippen LogP contribution < -0.4 is 10.4 Å². The second kappa shape index (κ2) is 4.61. The van der Waals surface area contributed by atoms with Crippen LogP contribution in [0.2, 0.25) is 0 Å². The van der Waals surface area contributed by atoms with Gasteiger partial charge < -0.3 is 20.1 Å². The summed E-state index contributed by atoms with van der Waals surface area (Å²) in [6.45, 7) is 3.11. The molecule has 0 atom stereocenters. The molecule has 72 valence electrons. The summed E-state index contributed by atoms with van der Waals surface area (Å²) in [5.41, 5.74) is 0. The van der Waals surface area contributed by atoms with Crippen LogP contribution in [0.4, 0.5) is 0 Å². The summed E-state index contributed by atoms with van der Waals surface area (Å²) in [4.78, 5) is 22.9. The highest BCUT2D eigenvalue weighted by Crippen LogP contribution is 1.91. The number of hydrogen-bond donors (Lipinski definition) is 1. The third kappa shape index (κ3) is 3.25. The number of carboxylic acid groups (broad SMARTS) is 1. The van der Waals surface area contributed by atoms with E-state index in [2.05, 4.69) is 5.32 Å². The van der Waals surface area contributed by atoms with Gasteiger partial charge in [0.25, 0.3) is 0 Å². The first-order chi connectivity index (χ1) is 6.20. The Morgan fingerprint density at radius 3 is 2.38 bits per heavy atom. The lowest BCUT2D eigenvalue weighted by atomic mass is 10.3. The summed E-state index contributed by atoms with van der Waals surface area (Å²) in [6.07, 6.45) is 1.81. The number of nitrogens with zero attached hydrogens (tertiary/aromatic N) is 1. The van der Waals surface area contributed by atoms with E-state index in [1.165, 1.54) is 0 Å². The minimum atomic E-state index is -1.34. The molecule has 1 amide bonds. The molecule has 5 nitrogen and oxygen atoms in total. The number of aliphatic carboxylic acids is 1. The van der Waals surface area contributed by atoms with Gasteiger partial charge in [0.2, 0.25) is 5.91 Å². The Kier molecular flexibility index (Phi) is 3.45. The van der Waals surface area contributed by atoms with Crippen molar-refractivity contribution in [2.24, 2.45) is 0 Å². The number of amides is 1. The van der Waals surface area contributed by atoms with Crippen molar-refractivity contribution >= 4 is 11.9 Å². The van der Waals surface area contributed by atoms with Crippen LogP contribution in [0.5, 0.6) is 0 Å². The Bertz CT molecular complexity index is 232. The number of carbonyl (C=O) groups excluding carboxylic acids is 2. The van der Waals surface area contributed by atoms with Gasteiger partial charge in [-0.15, -0.1) is 0 Å². The molecule has 0 aromatic carbocycles. The fraction of sp³-hybridized carbons (Fsp3) is 0.500. The van der Waals surface area contributed by atoms with Crippen LogP contribution in [-0.4, -0.2) is 43.0 Å². The van der Waals surface area contributed by atoms with E-state index in [0.717, 1.165) is 25.2 Å². The maximum absolute atomic E-state index is 11.2. The summed E-state index contributed by atoms with van der Waals surface area (Å²) in [5, 5.41) is 12.1. The van der Waals surface area contributed by atoms with E-state index in [9.17, 15) is 14.7 Å². The van der Waals surface area contributed by atoms with Crippen molar-refractivity contribution in [3.63, 3.8) is 0 Å². The number of nitrogens with two attached hydrogens (primary N) is 1. The van der Waals surface area contributed by atoms with Crippen molar-refractivity contribution < 1.29 is 20.0 Å². The highest BCUT2D eigenvalue weighted by molar-refractivity contribution is 5.93. The van der Waals surface area contributed by atoms with Crippen LogP contribution >= 0.6 is 0 Å². The minimum absolute atomic E-state index is 0.252. The summed E-state index contributed by atoms with van der Waals surface area (Å²) in [7, 11) is 0. The maximum Gasteiger partial charge on any atom is 0.247 e. The first kappa shape index (κ1) is 9.73. The fourth-order valence-corrected chi connectivity index (χ4v) is 1.22. The van der Waals surface area contributed by atoms with Gasteiger partial charge in [0, 0.05) is 6.08 Å². The zero-order valence-electron chi connectivity index (χ0n) is 7.23. The average Bonchev–Trinajstić information content (AvgIpc) is 2.15. The lowest BCUT2D eigenvalue weighted by Gasteiger charge is -2.23. The molecule has 2 N–H and O–H groups in total. The monoisotopic (exact) mass is 184 g/mol. The highest BCUT2D eigenvalue weighted by atomic mass is 16.4. The summed E-state index contributed by atoms with van der Waals surface area (Å²) in [6, 6.07) is 0. The summed E-state index contributed by atoms with van der Waals surface area (Å²) < 4.78 is 0. The molecule has 0 saturated carbocycles. The second-order valence-corrected chi connectivity index (χ2v) is 2.84. The number of hydrogen-bond acceptors (Lipinski definition) is 3. The first-order valence-electron chi connectivity index (χ1n) is 4.20. The van der Waals surface area contributed by atoms with Crippen molar-refractivity contribution in [2.75, 3.05) is 26.2 Å². The molecule has 0 aliphatic carbocycles. The zero-order valence-corrected chi connectivity index (χ0v) is 7.23. The number of carboxylic acids is 1. The summed E-state index contributed by atoms with van der Waals surface area (Å²) in [5.74, 6) is -1.59. The smallest absolute Gasteiger partial charge is 0.247 e. The Morgan fingerprint density at radius 2 is 1.85 bits per heavy atom. The van der Waals surface area contributed by atoms with E-state index < -0.39 is 5.97 Å². The fourth-order valence-electron chi connectivity index (χ4n) is 1.22. The Labute approximate surface area is 76.0 Å². The standard InChI is InChI=1S/C8H12N2O3/c11-7(1-2-8(12)13)10-5-3-9-4-6-10/h1-2,9H,3-6H2,(H,12,13)/b2-1-. The van der Waals surface area contributed by atoms with Gasteiger partial charge in [-0.05, 0) is 6.08 Å². The molecule has 1 heterocycles. The first-order valence-corrected chi connectivity index (χ1v) is 4.20. The number of rotatable bonds is 2. The lowest BCUT2D eigenvalue weighted by Crippen LogP contribution is -2.89. The van der Waals surface area contributed by atoms with E-state index in [1.807, 2.05) is 0 Å². The Hall–Kier alpha value is -1.36. The van der Waals surface area contributed by atoms with Gasteiger partial charge in [0.15, 0.2) is 0 Å². The van der Waals surface area contributed by atoms with Gasteiger partial charge in [0.1, 0.15) is 0 Å². The Balaban J connectivity index is 2.41. The molecule has 1 rings (SSSR count). The molecule has 0 aromatic heterocycles. The molecule has 1 saturated heterocycles. The van der Waals surface area contributed by atoms with Gasteiger partial charge in [-0.25, -0.2) is 0 Å². The second-order valence-electron chi connectivity index (χ2n) is 2.84. The van der Waals surface area contributed by atoms with Crippen LogP contribution in [0.1, 0.15) is 0 Å². The van der Waals surface area contributed by atoms with Crippen molar-refractivity contribution in [3.05, 3.63) is 12.2 Å². The topological polar surface area (TPSA) is 77.0 Å². The molecule has 0 spiro atoms. The van der Waals surface area contributed by atoms with Gasteiger partial charge in [0.05, 0.1) is 32.1 Å². The molecule has 5 heteroatoms.